The number of amides is 1. The number of halogens is 2. The van der Waals surface area contributed by atoms with Gasteiger partial charge in [-0.05, 0) is 35.4 Å². The first-order valence-corrected chi connectivity index (χ1v) is 6.93. The number of nitrogens with one attached hydrogen (secondary N) is 2. The summed E-state index contributed by atoms with van der Waals surface area (Å²) in [6.07, 6.45) is 0.365. The van der Waals surface area contributed by atoms with Crippen LogP contribution in [0.2, 0.25) is 5.02 Å². The van der Waals surface area contributed by atoms with Gasteiger partial charge >= 0.3 is 0 Å². The van der Waals surface area contributed by atoms with Crippen LogP contribution in [0, 0.1) is 5.82 Å². The number of carbonyl (C=O) groups excluding carboxylic acids is 1. The molecule has 0 atom stereocenters. The van der Waals surface area contributed by atoms with E-state index in [1.54, 1.807) is 19.2 Å². The van der Waals surface area contributed by atoms with Gasteiger partial charge in [0.25, 0.3) is 0 Å². The molecule has 0 aliphatic heterocycles. The van der Waals surface area contributed by atoms with Crippen molar-refractivity contribution in [2.24, 2.45) is 0 Å². The molecule has 0 spiro atoms. The van der Waals surface area contributed by atoms with Gasteiger partial charge in [-0.2, -0.15) is 0 Å². The second-order valence-electron chi connectivity index (χ2n) is 4.65. The van der Waals surface area contributed by atoms with E-state index < -0.39 is 5.82 Å². The van der Waals surface area contributed by atoms with Crippen LogP contribution < -0.4 is 10.6 Å². The van der Waals surface area contributed by atoms with Gasteiger partial charge in [-0.25, -0.2) is 4.39 Å². The Labute approximate surface area is 128 Å². The number of hydrogen-bond donors (Lipinski definition) is 2. The minimum Gasteiger partial charge on any atom is -0.381 e. The molecule has 0 aliphatic carbocycles. The van der Waals surface area contributed by atoms with Crippen LogP contribution in [-0.4, -0.2) is 13.0 Å². The molecule has 0 radical (unpaired) electrons. The zero-order valence-corrected chi connectivity index (χ0v) is 12.4. The molecule has 0 aliphatic rings. The van der Waals surface area contributed by atoms with Gasteiger partial charge in [-0.3, -0.25) is 4.79 Å². The Morgan fingerprint density at radius 3 is 2.43 bits per heavy atom. The van der Waals surface area contributed by atoms with E-state index >= 15 is 0 Å². The Bertz CT molecular complexity index is 629. The molecule has 0 saturated carbocycles. The van der Waals surface area contributed by atoms with E-state index in [9.17, 15) is 9.18 Å². The Hall–Kier alpha value is -2.07. The molecular weight excluding hydrogens is 291 g/mol. The van der Waals surface area contributed by atoms with Crippen LogP contribution in [-0.2, 0) is 17.8 Å². The number of anilines is 1. The van der Waals surface area contributed by atoms with Gasteiger partial charge in [0, 0.05) is 19.3 Å². The summed E-state index contributed by atoms with van der Waals surface area (Å²) in [6, 6.07) is 12.3. The van der Waals surface area contributed by atoms with E-state index in [1.807, 2.05) is 24.3 Å². The lowest BCUT2D eigenvalue weighted by molar-refractivity contribution is -0.119. The van der Waals surface area contributed by atoms with Gasteiger partial charge < -0.3 is 10.6 Å². The largest absolute Gasteiger partial charge is 0.381 e. The maximum Gasteiger partial charge on any atom is 0.224 e. The molecule has 2 aromatic carbocycles. The molecule has 2 aromatic rings. The summed E-state index contributed by atoms with van der Waals surface area (Å²) < 4.78 is 13.1. The quantitative estimate of drug-likeness (QED) is 0.889. The van der Waals surface area contributed by atoms with Crippen LogP contribution in [0.1, 0.15) is 11.1 Å². The number of carbonyl (C=O) groups is 1. The summed E-state index contributed by atoms with van der Waals surface area (Å²) in [4.78, 5) is 11.3. The molecule has 0 bridgehead atoms. The topological polar surface area (TPSA) is 41.1 Å². The van der Waals surface area contributed by atoms with Crippen LogP contribution in [0.15, 0.2) is 42.5 Å². The summed E-state index contributed by atoms with van der Waals surface area (Å²) in [5.41, 5.74) is 2.77. The van der Waals surface area contributed by atoms with Crippen molar-refractivity contribution >= 4 is 23.2 Å². The third-order valence-corrected chi connectivity index (χ3v) is 3.37. The molecule has 2 N–H and O–H groups in total. The van der Waals surface area contributed by atoms with Gasteiger partial charge in [-0.15, -0.1) is 0 Å². The molecular formula is C16H16ClFN2O. The third-order valence-electron chi connectivity index (χ3n) is 3.08. The SMILES string of the molecule is CNC(=O)Cc1ccc(NCc2ccc(F)c(Cl)c2)cc1. The number of likely N-dealkylation sites (N-methyl/N-ethyl adjacent to an activating group) is 1. The first-order valence-electron chi connectivity index (χ1n) is 6.56. The molecule has 110 valence electrons. The fraction of sp³-hybridized carbons (Fsp3) is 0.188. The lowest BCUT2D eigenvalue weighted by atomic mass is 10.1. The Kier molecular flexibility index (Phi) is 5.17. The fourth-order valence-electron chi connectivity index (χ4n) is 1.87. The molecule has 0 saturated heterocycles. The van der Waals surface area contributed by atoms with Crippen molar-refractivity contribution in [3.05, 3.63) is 64.4 Å². The summed E-state index contributed by atoms with van der Waals surface area (Å²) in [5, 5.41) is 5.93. The predicted molar refractivity (Wildman–Crippen MR) is 82.9 cm³/mol. The van der Waals surface area contributed by atoms with Crippen LogP contribution in [0.4, 0.5) is 10.1 Å². The maximum absolute atomic E-state index is 13.1. The maximum atomic E-state index is 13.1. The summed E-state index contributed by atoms with van der Waals surface area (Å²) in [5.74, 6) is -0.435. The summed E-state index contributed by atoms with van der Waals surface area (Å²) in [7, 11) is 1.62. The smallest absolute Gasteiger partial charge is 0.224 e. The average Bonchev–Trinajstić information content (AvgIpc) is 2.50. The highest BCUT2D eigenvalue weighted by molar-refractivity contribution is 6.30. The van der Waals surface area contributed by atoms with Crippen molar-refractivity contribution in [1.82, 2.24) is 5.32 Å². The molecule has 5 heteroatoms. The molecule has 21 heavy (non-hydrogen) atoms. The second-order valence-corrected chi connectivity index (χ2v) is 5.06. The molecule has 0 heterocycles. The van der Waals surface area contributed by atoms with Gasteiger partial charge in [0.05, 0.1) is 11.4 Å². The third kappa shape index (κ3) is 4.46. The van der Waals surface area contributed by atoms with E-state index in [4.69, 9.17) is 11.6 Å². The molecule has 0 fully saturated rings. The Morgan fingerprint density at radius 2 is 1.81 bits per heavy atom. The normalized spacial score (nSPS) is 10.2. The molecule has 0 aromatic heterocycles. The number of hydrogen-bond acceptors (Lipinski definition) is 2. The van der Waals surface area contributed by atoms with Gasteiger partial charge in [0.1, 0.15) is 5.82 Å². The molecule has 0 unspecified atom stereocenters. The Balaban J connectivity index is 1.94. The molecule has 3 nitrogen and oxygen atoms in total. The van der Waals surface area contributed by atoms with E-state index in [-0.39, 0.29) is 10.9 Å². The van der Waals surface area contributed by atoms with E-state index in [2.05, 4.69) is 10.6 Å². The second kappa shape index (κ2) is 7.09. The van der Waals surface area contributed by atoms with E-state index in [0.29, 0.717) is 13.0 Å². The van der Waals surface area contributed by atoms with Crippen molar-refractivity contribution < 1.29 is 9.18 Å². The highest BCUT2D eigenvalue weighted by Gasteiger charge is 2.02. The van der Waals surface area contributed by atoms with E-state index in [0.717, 1.165) is 16.8 Å². The van der Waals surface area contributed by atoms with Crippen molar-refractivity contribution in [3.8, 4) is 0 Å². The number of rotatable bonds is 5. The first kappa shape index (κ1) is 15.3. The molecule has 2 rings (SSSR count). The van der Waals surface area contributed by atoms with Crippen LogP contribution in [0.25, 0.3) is 0 Å². The minimum atomic E-state index is -0.418. The van der Waals surface area contributed by atoms with Gasteiger partial charge in [0.2, 0.25) is 5.91 Å². The highest BCUT2D eigenvalue weighted by atomic mass is 35.5. The van der Waals surface area contributed by atoms with Crippen LogP contribution >= 0.6 is 11.6 Å². The minimum absolute atomic E-state index is 0.0170. The Morgan fingerprint density at radius 1 is 1.14 bits per heavy atom. The standard InChI is InChI=1S/C16H16ClFN2O/c1-19-16(21)9-11-2-5-13(6-3-11)20-10-12-4-7-15(18)14(17)8-12/h2-8,20H,9-10H2,1H3,(H,19,21). The van der Waals surface area contributed by atoms with Crippen molar-refractivity contribution in [1.29, 1.82) is 0 Å². The first-order chi connectivity index (χ1) is 10.1. The van der Waals surface area contributed by atoms with E-state index in [1.165, 1.54) is 6.07 Å². The molecule has 1 amide bonds. The highest BCUT2D eigenvalue weighted by Crippen LogP contribution is 2.17. The van der Waals surface area contributed by atoms with Crippen LogP contribution in [0.3, 0.4) is 0 Å². The predicted octanol–water partition coefficient (Wildman–Crippen LogP) is 3.38. The lowest BCUT2D eigenvalue weighted by Crippen LogP contribution is -2.19. The van der Waals surface area contributed by atoms with Crippen molar-refractivity contribution in [2.75, 3.05) is 12.4 Å². The zero-order valence-electron chi connectivity index (χ0n) is 11.6. The van der Waals surface area contributed by atoms with Gasteiger partial charge in [0.15, 0.2) is 0 Å². The zero-order chi connectivity index (χ0) is 15.2. The monoisotopic (exact) mass is 306 g/mol. The lowest BCUT2D eigenvalue weighted by Gasteiger charge is -2.08. The fourth-order valence-corrected chi connectivity index (χ4v) is 2.07. The van der Waals surface area contributed by atoms with Crippen molar-refractivity contribution in [3.63, 3.8) is 0 Å². The average molecular weight is 307 g/mol. The summed E-state index contributed by atoms with van der Waals surface area (Å²) in [6.45, 7) is 0.550. The van der Waals surface area contributed by atoms with Gasteiger partial charge in [-0.1, -0.05) is 29.8 Å². The van der Waals surface area contributed by atoms with Crippen molar-refractivity contribution in [2.45, 2.75) is 13.0 Å². The van der Waals surface area contributed by atoms with Crippen LogP contribution in [0.5, 0.6) is 0 Å². The summed E-state index contributed by atoms with van der Waals surface area (Å²) >= 11 is 5.74. The number of benzene rings is 2.